The van der Waals surface area contributed by atoms with Gasteiger partial charge in [0.15, 0.2) is 0 Å². The van der Waals surface area contributed by atoms with Crippen molar-refractivity contribution in [2.24, 2.45) is 5.92 Å². The lowest BCUT2D eigenvalue weighted by Crippen LogP contribution is -2.34. The summed E-state index contributed by atoms with van der Waals surface area (Å²) in [7, 11) is 0. The summed E-state index contributed by atoms with van der Waals surface area (Å²) in [4.78, 5) is 20.4. The molecule has 0 amide bonds. The molecular weight excluding hydrogens is 266 g/mol. The van der Waals surface area contributed by atoms with Crippen LogP contribution in [0.5, 0.6) is 0 Å². The number of aromatic nitrogens is 2. The third-order valence-corrected chi connectivity index (χ3v) is 3.36. The molecule has 1 unspecified atom stereocenters. The van der Waals surface area contributed by atoms with Crippen LogP contribution in [0.25, 0.3) is 10.9 Å². The molecule has 1 aromatic carbocycles. The first-order chi connectivity index (χ1) is 9.90. The molecule has 0 spiro atoms. The van der Waals surface area contributed by atoms with E-state index < -0.39 is 12.0 Å². The lowest BCUT2D eigenvalue weighted by Gasteiger charge is -2.20. The monoisotopic (exact) mass is 287 g/mol. The van der Waals surface area contributed by atoms with Crippen molar-refractivity contribution in [2.75, 3.05) is 5.32 Å². The molecule has 2 aromatic rings. The van der Waals surface area contributed by atoms with Crippen molar-refractivity contribution >= 4 is 22.7 Å². The second-order valence-corrected chi connectivity index (χ2v) is 5.81. The van der Waals surface area contributed by atoms with Gasteiger partial charge in [0.25, 0.3) is 0 Å². The number of carboxylic acids is 1. The number of carboxylic acid groups (broad SMARTS) is 1. The van der Waals surface area contributed by atoms with E-state index in [-0.39, 0.29) is 11.8 Å². The number of hydrogen-bond donors (Lipinski definition) is 2. The molecule has 112 valence electrons. The first-order valence-electron chi connectivity index (χ1n) is 7.16. The van der Waals surface area contributed by atoms with Gasteiger partial charge >= 0.3 is 5.97 Å². The smallest absolute Gasteiger partial charge is 0.326 e. The van der Waals surface area contributed by atoms with E-state index in [0.717, 1.165) is 10.9 Å². The maximum atomic E-state index is 11.4. The Morgan fingerprint density at radius 3 is 2.38 bits per heavy atom. The van der Waals surface area contributed by atoms with Crippen LogP contribution >= 0.6 is 0 Å². The highest BCUT2D eigenvalue weighted by molar-refractivity contribution is 5.91. The van der Waals surface area contributed by atoms with Crippen molar-refractivity contribution in [2.45, 2.75) is 39.7 Å². The average Bonchev–Trinajstić information content (AvgIpc) is 2.43. The van der Waals surface area contributed by atoms with Gasteiger partial charge in [-0.1, -0.05) is 39.8 Å². The van der Waals surface area contributed by atoms with E-state index in [1.807, 2.05) is 52.0 Å². The number of aliphatic carboxylic acids is 1. The molecule has 21 heavy (non-hydrogen) atoms. The summed E-state index contributed by atoms with van der Waals surface area (Å²) >= 11 is 0. The fourth-order valence-electron chi connectivity index (χ4n) is 2.12. The number of para-hydroxylation sites is 1. The summed E-state index contributed by atoms with van der Waals surface area (Å²) in [6, 6.07) is 6.96. The van der Waals surface area contributed by atoms with Gasteiger partial charge in [0, 0.05) is 11.3 Å². The molecule has 5 heteroatoms. The van der Waals surface area contributed by atoms with Crippen molar-refractivity contribution in [3.8, 4) is 0 Å². The summed E-state index contributed by atoms with van der Waals surface area (Å²) in [6.45, 7) is 7.78. The molecule has 0 aliphatic heterocycles. The average molecular weight is 287 g/mol. The van der Waals surface area contributed by atoms with Crippen LogP contribution in [0.4, 0.5) is 5.82 Å². The van der Waals surface area contributed by atoms with E-state index in [2.05, 4.69) is 15.3 Å². The van der Waals surface area contributed by atoms with Crippen LogP contribution in [0.2, 0.25) is 0 Å². The third kappa shape index (κ3) is 3.29. The Labute approximate surface area is 124 Å². The normalized spacial score (nSPS) is 12.9. The number of nitrogens with one attached hydrogen (secondary N) is 1. The van der Waals surface area contributed by atoms with Crippen LogP contribution in [0, 0.1) is 5.92 Å². The Kier molecular flexibility index (Phi) is 4.40. The number of fused-ring (bicyclic) bond motifs is 1. The molecule has 0 aliphatic carbocycles. The number of rotatable bonds is 5. The summed E-state index contributed by atoms with van der Waals surface area (Å²) in [5.74, 6) is 0.560. The minimum atomic E-state index is -0.876. The standard InChI is InChI=1S/C16H21N3O2/c1-9(2)13(16(20)21)18-15-11-7-5-6-8-12(11)17-14(19-15)10(3)4/h5-10,13H,1-4H3,(H,20,21)(H,17,18,19). The molecule has 2 N–H and O–H groups in total. The topological polar surface area (TPSA) is 75.1 Å². The molecule has 5 nitrogen and oxygen atoms in total. The molecule has 1 heterocycles. The SMILES string of the molecule is CC(C)c1nc(NC(C(=O)O)C(C)C)c2ccccc2n1. The predicted molar refractivity (Wildman–Crippen MR) is 83.5 cm³/mol. The van der Waals surface area contributed by atoms with Crippen molar-refractivity contribution in [1.29, 1.82) is 0 Å². The van der Waals surface area contributed by atoms with Gasteiger partial charge in [-0.05, 0) is 18.1 Å². The number of benzene rings is 1. The van der Waals surface area contributed by atoms with Crippen LogP contribution in [0.3, 0.4) is 0 Å². The largest absolute Gasteiger partial charge is 0.480 e. The van der Waals surface area contributed by atoms with Gasteiger partial charge in [0.05, 0.1) is 5.52 Å². The molecule has 0 saturated carbocycles. The van der Waals surface area contributed by atoms with Gasteiger partial charge in [-0.2, -0.15) is 0 Å². The molecule has 1 aromatic heterocycles. The van der Waals surface area contributed by atoms with Gasteiger partial charge in [0.1, 0.15) is 17.7 Å². The lowest BCUT2D eigenvalue weighted by atomic mass is 10.0. The number of anilines is 1. The van der Waals surface area contributed by atoms with Crippen LogP contribution in [-0.4, -0.2) is 27.1 Å². The Bertz CT molecular complexity index is 653. The maximum Gasteiger partial charge on any atom is 0.326 e. The summed E-state index contributed by atoms with van der Waals surface area (Å²) < 4.78 is 0. The van der Waals surface area contributed by atoms with Crippen molar-refractivity contribution in [3.05, 3.63) is 30.1 Å². The van der Waals surface area contributed by atoms with Crippen LogP contribution < -0.4 is 5.32 Å². The highest BCUT2D eigenvalue weighted by Gasteiger charge is 2.23. The second kappa shape index (κ2) is 6.08. The van der Waals surface area contributed by atoms with Crippen molar-refractivity contribution in [3.63, 3.8) is 0 Å². The lowest BCUT2D eigenvalue weighted by molar-refractivity contribution is -0.138. The Hall–Kier alpha value is -2.17. The van der Waals surface area contributed by atoms with Gasteiger partial charge in [-0.25, -0.2) is 14.8 Å². The Morgan fingerprint density at radius 2 is 1.81 bits per heavy atom. The zero-order valence-corrected chi connectivity index (χ0v) is 12.8. The maximum absolute atomic E-state index is 11.4. The van der Waals surface area contributed by atoms with E-state index >= 15 is 0 Å². The minimum Gasteiger partial charge on any atom is -0.480 e. The third-order valence-electron chi connectivity index (χ3n) is 3.36. The highest BCUT2D eigenvalue weighted by atomic mass is 16.4. The summed E-state index contributed by atoms with van der Waals surface area (Å²) in [6.07, 6.45) is 0. The van der Waals surface area contributed by atoms with E-state index in [4.69, 9.17) is 0 Å². The number of nitrogens with zero attached hydrogens (tertiary/aromatic N) is 2. The zero-order chi connectivity index (χ0) is 15.6. The molecule has 0 radical (unpaired) electrons. The summed E-state index contributed by atoms with van der Waals surface area (Å²) in [5.41, 5.74) is 0.826. The van der Waals surface area contributed by atoms with Gasteiger partial charge in [-0.3, -0.25) is 0 Å². The van der Waals surface area contributed by atoms with E-state index in [1.165, 1.54) is 0 Å². The minimum absolute atomic E-state index is 0.0428. The van der Waals surface area contributed by atoms with Crippen LogP contribution in [0.15, 0.2) is 24.3 Å². The molecule has 0 saturated heterocycles. The fraction of sp³-hybridized carbons (Fsp3) is 0.438. The first-order valence-corrected chi connectivity index (χ1v) is 7.16. The van der Waals surface area contributed by atoms with Gasteiger partial charge < -0.3 is 10.4 Å². The fourth-order valence-corrected chi connectivity index (χ4v) is 2.12. The second-order valence-electron chi connectivity index (χ2n) is 5.81. The van der Waals surface area contributed by atoms with E-state index in [9.17, 15) is 9.90 Å². The van der Waals surface area contributed by atoms with E-state index in [0.29, 0.717) is 11.6 Å². The summed E-state index contributed by atoms with van der Waals surface area (Å²) in [5, 5.41) is 13.3. The number of carbonyl (C=O) groups is 1. The van der Waals surface area contributed by atoms with Crippen LogP contribution in [0.1, 0.15) is 39.4 Å². The molecule has 0 aliphatic rings. The first kappa shape index (κ1) is 15.2. The number of hydrogen-bond acceptors (Lipinski definition) is 4. The quantitative estimate of drug-likeness (QED) is 0.882. The molecule has 1 atom stereocenters. The van der Waals surface area contributed by atoms with Crippen molar-refractivity contribution in [1.82, 2.24) is 9.97 Å². The molecule has 2 rings (SSSR count). The Balaban J connectivity index is 2.53. The van der Waals surface area contributed by atoms with Gasteiger partial charge in [-0.15, -0.1) is 0 Å². The molecule has 0 fully saturated rings. The Morgan fingerprint density at radius 1 is 1.14 bits per heavy atom. The van der Waals surface area contributed by atoms with E-state index in [1.54, 1.807) is 0 Å². The van der Waals surface area contributed by atoms with Crippen molar-refractivity contribution < 1.29 is 9.90 Å². The predicted octanol–water partition coefficient (Wildman–Crippen LogP) is 3.27. The molecule has 0 bridgehead atoms. The van der Waals surface area contributed by atoms with Crippen LogP contribution in [-0.2, 0) is 4.79 Å². The van der Waals surface area contributed by atoms with Gasteiger partial charge in [0.2, 0.25) is 0 Å². The zero-order valence-electron chi connectivity index (χ0n) is 12.8. The molecular formula is C16H21N3O2. The highest BCUT2D eigenvalue weighted by Crippen LogP contribution is 2.24.